The molecule has 6 heteroatoms. The number of carbonyl (C=O) groups is 2. The van der Waals surface area contributed by atoms with Crippen LogP contribution in [0.2, 0.25) is 0 Å². The number of hydrogen-bond donors (Lipinski definition) is 2. The summed E-state index contributed by atoms with van der Waals surface area (Å²) >= 11 is 0. The van der Waals surface area contributed by atoms with Crippen LogP contribution in [0.5, 0.6) is 0 Å². The highest BCUT2D eigenvalue weighted by molar-refractivity contribution is 5.96. The zero-order valence-electron chi connectivity index (χ0n) is 14.2. The Hall–Kier alpha value is -2.73. The number of pyridine rings is 1. The average Bonchev–Trinajstić information content (AvgIpc) is 3.25. The Labute approximate surface area is 151 Å². The molecule has 26 heavy (non-hydrogen) atoms. The van der Waals surface area contributed by atoms with Gasteiger partial charge < -0.3 is 15.2 Å². The molecular weight excluding hydrogens is 332 g/mol. The van der Waals surface area contributed by atoms with Crippen LogP contribution in [0.1, 0.15) is 24.0 Å². The average molecular weight is 352 g/mol. The van der Waals surface area contributed by atoms with E-state index < -0.39 is 17.8 Å². The van der Waals surface area contributed by atoms with Crippen molar-refractivity contribution in [3.63, 3.8) is 0 Å². The van der Waals surface area contributed by atoms with Gasteiger partial charge in [-0.15, -0.1) is 0 Å². The molecule has 0 aliphatic carbocycles. The summed E-state index contributed by atoms with van der Waals surface area (Å²) in [4.78, 5) is 28.2. The second-order valence-corrected chi connectivity index (χ2v) is 6.90. The number of anilines is 1. The minimum Gasteiger partial charge on any atom is -0.481 e. The molecule has 3 heterocycles. The number of fused-ring (bicyclic) bond motifs is 2. The molecule has 1 aromatic carbocycles. The second kappa shape index (κ2) is 6.88. The molecule has 2 N–H and O–H groups in total. The molecule has 2 saturated heterocycles. The van der Waals surface area contributed by atoms with E-state index in [4.69, 9.17) is 4.74 Å². The quantitative estimate of drug-likeness (QED) is 0.863. The number of aliphatic carboxylic acids is 1. The van der Waals surface area contributed by atoms with Gasteiger partial charge in [-0.2, -0.15) is 0 Å². The fourth-order valence-electron chi connectivity index (χ4n) is 3.99. The Bertz CT molecular complexity index is 806. The van der Waals surface area contributed by atoms with Crippen molar-refractivity contribution in [2.24, 2.45) is 11.8 Å². The van der Waals surface area contributed by atoms with Crippen LogP contribution in [-0.2, 0) is 20.7 Å². The number of carboxylic acid groups (broad SMARTS) is 1. The molecule has 2 aromatic rings. The van der Waals surface area contributed by atoms with Crippen LogP contribution in [0.25, 0.3) is 0 Å². The van der Waals surface area contributed by atoms with E-state index in [1.54, 1.807) is 12.4 Å². The van der Waals surface area contributed by atoms with Crippen molar-refractivity contribution in [1.82, 2.24) is 4.98 Å². The van der Waals surface area contributed by atoms with Crippen LogP contribution >= 0.6 is 0 Å². The van der Waals surface area contributed by atoms with E-state index in [9.17, 15) is 14.7 Å². The molecule has 0 spiro atoms. The summed E-state index contributed by atoms with van der Waals surface area (Å²) in [6.45, 7) is 0. The first kappa shape index (κ1) is 16.7. The highest BCUT2D eigenvalue weighted by Gasteiger charge is 2.55. The van der Waals surface area contributed by atoms with E-state index in [0.717, 1.165) is 24.8 Å². The van der Waals surface area contributed by atoms with E-state index >= 15 is 0 Å². The van der Waals surface area contributed by atoms with Crippen molar-refractivity contribution in [2.75, 3.05) is 5.32 Å². The molecular formula is C20H20N2O4. The molecule has 1 aromatic heterocycles. The number of carbonyl (C=O) groups excluding carboxylic acids is 1. The standard InChI is InChI=1S/C20H20N2O4/c23-19(17-15-5-6-16(26-15)18(17)20(24)25)22-14-3-1-12(2-4-14)11-13-7-9-21-10-8-13/h1-4,7-10,15-18H,5-6,11H2,(H,22,23)(H,24,25)/t15-,16+,17+,18-/m1/s1. The molecule has 0 radical (unpaired) electrons. The van der Waals surface area contributed by atoms with Crippen LogP contribution in [-0.4, -0.2) is 34.2 Å². The number of aromatic nitrogens is 1. The fourth-order valence-corrected chi connectivity index (χ4v) is 3.99. The molecule has 4 atom stereocenters. The Kier molecular flexibility index (Phi) is 4.42. The van der Waals surface area contributed by atoms with Crippen LogP contribution in [0.15, 0.2) is 48.8 Å². The third-order valence-electron chi connectivity index (χ3n) is 5.24. The summed E-state index contributed by atoms with van der Waals surface area (Å²) in [6, 6.07) is 11.5. The highest BCUT2D eigenvalue weighted by Crippen LogP contribution is 2.44. The van der Waals surface area contributed by atoms with Crippen molar-refractivity contribution in [2.45, 2.75) is 31.5 Å². The normalized spacial score (nSPS) is 26.6. The Morgan fingerprint density at radius 1 is 1.00 bits per heavy atom. The van der Waals surface area contributed by atoms with Gasteiger partial charge in [0.05, 0.1) is 24.0 Å². The van der Waals surface area contributed by atoms with Gasteiger partial charge in [0.25, 0.3) is 0 Å². The van der Waals surface area contributed by atoms with Gasteiger partial charge in [0.1, 0.15) is 0 Å². The number of nitrogens with one attached hydrogen (secondary N) is 1. The number of hydrogen-bond acceptors (Lipinski definition) is 4. The lowest BCUT2D eigenvalue weighted by Crippen LogP contribution is -2.40. The van der Waals surface area contributed by atoms with Gasteiger partial charge >= 0.3 is 5.97 Å². The number of nitrogens with zero attached hydrogens (tertiary/aromatic N) is 1. The number of ether oxygens (including phenoxy) is 1. The predicted molar refractivity (Wildman–Crippen MR) is 94.6 cm³/mol. The maximum Gasteiger partial charge on any atom is 0.310 e. The molecule has 1 amide bonds. The van der Waals surface area contributed by atoms with E-state index in [-0.39, 0.29) is 18.1 Å². The van der Waals surface area contributed by atoms with Gasteiger partial charge in [-0.05, 0) is 54.7 Å². The third-order valence-corrected chi connectivity index (χ3v) is 5.24. The van der Waals surface area contributed by atoms with Gasteiger partial charge in [0, 0.05) is 18.1 Å². The van der Waals surface area contributed by atoms with Gasteiger partial charge in [0.15, 0.2) is 0 Å². The van der Waals surface area contributed by atoms with Crippen molar-refractivity contribution < 1.29 is 19.4 Å². The van der Waals surface area contributed by atoms with E-state index in [2.05, 4.69) is 10.3 Å². The lowest BCUT2D eigenvalue weighted by molar-refractivity contribution is -0.147. The topological polar surface area (TPSA) is 88.5 Å². The summed E-state index contributed by atoms with van der Waals surface area (Å²) in [5.74, 6) is -2.60. The maximum absolute atomic E-state index is 12.6. The van der Waals surface area contributed by atoms with Crippen LogP contribution in [0, 0.1) is 11.8 Å². The predicted octanol–water partition coefficient (Wildman–Crippen LogP) is 2.49. The highest BCUT2D eigenvalue weighted by atomic mass is 16.5. The monoisotopic (exact) mass is 352 g/mol. The van der Waals surface area contributed by atoms with Crippen LogP contribution < -0.4 is 5.32 Å². The van der Waals surface area contributed by atoms with Crippen molar-refractivity contribution in [3.05, 3.63) is 59.9 Å². The van der Waals surface area contributed by atoms with Crippen LogP contribution in [0.3, 0.4) is 0 Å². The SMILES string of the molecule is O=C(Nc1ccc(Cc2ccncc2)cc1)[C@@H]1[C@H](C(=O)O)[C@@H]2CC[C@H]1O2. The summed E-state index contributed by atoms with van der Waals surface area (Å²) in [5, 5.41) is 12.3. The minimum absolute atomic E-state index is 0.272. The summed E-state index contributed by atoms with van der Waals surface area (Å²) in [7, 11) is 0. The second-order valence-electron chi connectivity index (χ2n) is 6.90. The smallest absolute Gasteiger partial charge is 0.310 e. The van der Waals surface area contributed by atoms with Crippen LogP contribution in [0.4, 0.5) is 5.69 Å². The summed E-state index contributed by atoms with van der Waals surface area (Å²) in [6.07, 6.45) is 5.16. The number of benzene rings is 1. The van der Waals surface area contributed by atoms with E-state index in [1.807, 2.05) is 36.4 Å². The number of rotatable bonds is 5. The lowest BCUT2D eigenvalue weighted by atomic mass is 9.78. The lowest BCUT2D eigenvalue weighted by Gasteiger charge is -2.23. The van der Waals surface area contributed by atoms with Crippen molar-refractivity contribution >= 4 is 17.6 Å². The van der Waals surface area contributed by atoms with Gasteiger partial charge in [-0.25, -0.2) is 0 Å². The number of amides is 1. The zero-order valence-corrected chi connectivity index (χ0v) is 14.2. The Morgan fingerprint density at radius 3 is 2.27 bits per heavy atom. The molecule has 2 fully saturated rings. The Morgan fingerprint density at radius 2 is 1.62 bits per heavy atom. The Balaban J connectivity index is 1.42. The molecule has 134 valence electrons. The summed E-state index contributed by atoms with van der Waals surface area (Å²) < 4.78 is 5.66. The maximum atomic E-state index is 12.6. The van der Waals surface area contributed by atoms with Crippen molar-refractivity contribution in [1.29, 1.82) is 0 Å². The zero-order chi connectivity index (χ0) is 18.1. The van der Waals surface area contributed by atoms with Gasteiger partial charge in [-0.3, -0.25) is 14.6 Å². The molecule has 2 bridgehead atoms. The first-order chi connectivity index (χ1) is 12.6. The molecule has 2 aliphatic heterocycles. The molecule has 4 rings (SSSR count). The fraction of sp³-hybridized carbons (Fsp3) is 0.350. The third kappa shape index (κ3) is 3.20. The van der Waals surface area contributed by atoms with Gasteiger partial charge in [0.2, 0.25) is 5.91 Å². The van der Waals surface area contributed by atoms with E-state index in [1.165, 1.54) is 5.56 Å². The molecule has 6 nitrogen and oxygen atoms in total. The largest absolute Gasteiger partial charge is 0.481 e. The van der Waals surface area contributed by atoms with Gasteiger partial charge in [-0.1, -0.05) is 12.1 Å². The molecule has 2 aliphatic rings. The first-order valence-corrected chi connectivity index (χ1v) is 8.79. The molecule has 0 unspecified atom stereocenters. The first-order valence-electron chi connectivity index (χ1n) is 8.79. The number of carboxylic acids is 1. The minimum atomic E-state index is -0.954. The molecule has 0 saturated carbocycles. The van der Waals surface area contributed by atoms with E-state index in [0.29, 0.717) is 5.69 Å². The summed E-state index contributed by atoms with van der Waals surface area (Å²) in [5.41, 5.74) is 2.96. The van der Waals surface area contributed by atoms with Crippen molar-refractivity contribution in [3.8, 4) is 0 Å².